The molecule has 7 heteroatoms. The highest BCUT2D eigenvalue weighted by Gasteiger charge is 2.07. The number of benzene rings is 2. The van der Waals surface area contributed by atoms with E-state index in [4.69, 9.17) is 23.2 Å². The summed E-state index contributed by atoms with van der Waals surface area (Å²) in [5, 5.41) is 0.752. The average Bonchev–Trinajstić information content (AvgIpc) is 2.52. The van der Waals surface area contributed by atoms with Gasteiger partial charge in [-0.05, 0) is 30.3 Å². The van der Waals surface area contributed by atoms with E-state index in [0.717, 1.165) is 5.69 Å². The molecule has 0 spiro atoms. The van der Waals surface area contributed by atoms with Crippen molar-refractivity contribution in [1.82, 2.24) is 4.90 Å². The molecular weight excluding hydrogens is 362 g/mol. The van der Waals surface area contributed by atoms with Crippen LogP contribution in [0.4, 0.5) is 21.5 Å². The van der Waals surface area contributed by atoms with Gasteiger partial charge >= 0.3 is 0 Å². The molecule has 2 aromatic rings. The quantitative estimate of drug-likeness (QED) is 0.529. The molecule has 0 saturated carbocycles. The van der Waals surface area contributed by atoms with Crippen LogP contribution in [0.2, 0.25) is 10.0 Å². The molecule has 0 heterocycles. The van der Waals surface area contributed by atoms with Crippen molar-refractivity contribution in [2.75, 3.05) is 33.1 Å². The molecule has 2 rings (SSSR count). The van der Waals surface area contributed by atoms with Crippen LogP contribution >= 0.6 is 23.2 Å². The van der Waals surface area contributed by atoms with E-state index in [1.807, 2.05) is 39.2 Å². The minimum Gasteiger partial charge on any atom is -0.378 e. The summed E-state index contributed by atoms with van der Waals surface area (Å²) < 4.78 is 14.1. The lowest BCUT2D eigenvalue weighted by Crippen LogP contribution is -2.09. The Morgan fingerprint density at radius 3 is 2.12 bits per heavy atom. The number of anilines is 1. The molecule has 0 aliphatic heterocycles. The van der Waals surface area contributed by atoms with Crippen LogP contribution < -0.4 is 4.90 Å². The van der Waals surface area contributed by atoms with E-state index >= 15 is 0 Å². The number of hydrogen-bond donors (Lipinski definition) is 0. The van der Waals surface area contributed by atoms with Gasteiger partial charge in [-0.2, -0.15) is 0 Å². The molecule has 0 radical (unpaired) electrons. The molecule has 0 bridgehead atoms. The second-order valence-corrected chi connectivity index (χ2v) is 6.64. The Morgan fingerprint density at radius 2 is 1.60 bits per heavy atom. The first-order valence-corrected chi connectivity index (χ1v) is 8.24. The van der Waals surface area contributed by atoms with Crippen LogP contribution in [0.5, 0.6) is 0 Å². The molecule has 0 aromatic heterocycles. The normalized spacial score (nSPS) is 11.5. The maximum atomic E-state index is 14.1. The summed E-state index contributed by atoms with van der Waals surface area (Å²) in [6.07, 6.45) is 3.05. The third kappa shape index (κ3) is 5.18. The summed E-state index contributed by atoms with van der Waals surface area (Å²) in [4.78, 5) is 12.1. The topological polar surface area (TPSA) is 31.2 Å². The lowest BCUT2D eigenvalue weighted by molar-refractivity contribution is 0.626. The molecule has 0 saturated heterocycles. The van der Waals surface area contributed by atoms with Crippen molar-refractivity contribution in [3.8, 4) is 0 Å². The van der Waals surface area contributed by atoms with Gasteiger partial charge in [0.1, 0.15) is 11.5 Å². The molecule has 4 nitrogen and oxygen atoms in total. The maximum Gasteiger partial charge on any atom is 0.134 e. The van der Waals surface area contributed by atoms with Crippen LogP contribution in [0.1, 0.15) is 5.56 Å². The van der Waals surface area contributed by atoms with Crippen LogP contribution in [-0.2, 0) is 0 Å². The molecular formula is C18H19Cl2FN4. The highest BCUT2D eigenvalue weighted by Crippen LogP contribution is 2.37. The maximum absolute atomic E-state index is 14.1. The molecule has 0 aliphatic carbocycles. The summed E-state index contributed by atoms with van der Waals surface area (Å²) in [6.45, 7) is 0. The summed E-state index contributed by atoms with van der Waals surface area (Å²) in [5.41, 5.74) is 2.16. The third-order valence-corrected chi connectivity index (χ3v) is 3.85. The number of nitrogens with zero attached hydrogens (tertiary/aromatic N) is 4. The minimum atomic E-state index is -0.348. The van der Waals surface area contributed by atoms with Crippen molar-refractivity contribution in [2.45, 2.75) is 0 Å². The second-order valence-electron chi connectivity index (χ2n) is 5.82. The van der Waals surface area contributed by atoms with Crippen molar-refractivity contribution in [3.05, 3.63) is 51.8 Å². The van der Waals surface area contributed by atoms with Crippen molar-refractivity contribution in [3.63, 3.8) is 0 Å². The molecule has 2 aromatic carbocycles. The van der Waals surface area contributed by atoms with Crippen molar-refractivity contribution >= 4 is 52.8 Å². The van der Waals surface area contributed by atoms with Crippen molar-refractivity contribution in [2.24, 2.45) is 9.98 Å². The molecule has 0 aliphatic rings. The lowest BCUT2D eigenvalue weighted by atomic mass is 10.2. The Kier molecular flexibility index (Phi) is 6.39. The molecule has 0 unspecified atom stereocenters. The predicted octanol–water partition coefficient (Wildman–Crippen LogP) is 5.17. The fraction of sp³-hybridized carbons (Fsp3) is 0.222. The Labute approximate surface area is 157 Å². The largest absolute Gasteiger partial charge is 0.378 e. The summed E-state index contributed by atoms with van der Waals surface area (Å²) in [6, 6.07) is 8.23. The summed E-state index contributed by atoms with van der Waals surface area (Å²) in [7, 11) is 7.40. The van der Waals surface area contributed by atoms with E-state index in [1.165, 1.54) is 12.3 Å². The Bertz CT molecular complexity index is 794. The van der Waals surface area contributed by atoms with Gasteiger partial charge < -0.3 is 9.80 Å². The van der Waals surface area contributed by atoms with Crippen LogP contribution in [-0.4, -0.2) is 45.6 Å². The average molecular weight is 381 g/mol. The number of halogens is 3. The summed E-state index contributed by atoms with van der Waals surface area (Å²) >= 11 is 12.4. The number of aliphatic imine (C=N–C) groups is 2. The lowest BCUT2D eigenvalue weighted by Gasteiger charge is -2.12. The fourth-order valence-electron chi connectivity index (χ4n) is 1.97. The monoisotopic (exact) mass is 380 g/mol. The van der Waals surface area contributed by atoms with Gasteiger partial charge in [-0.1, -0.05) is 23.2 Å². The van der Waals surface area contributed by atoms with E-state index < -0.39 is 0 Å². The van der Waals surface area contributed by atoms with Gasteiger partial charge in [-0.15, -0.1) is 0 Å². The first-order valence-electron chi connectivity index (χ1n) is 7.48. The molecule has 0 N–H and O–H groups in total. The standard InChI is InChI=1S/C18H19Cl2FN4/c1-24(2)11-23-18-15(19)7-13(8-16(18)20)22-10-12-5-6-14(25(3)4)9-17(12)21/h5-11H,1-4H3. The van der Waals surface area contributed by atoms with Crippen LogP contribution in [0, 0.1) is 5.82 Å². The zero-order chi connectivity index (χ0) is 18.6. The van der Waals surface area contributed by atoms with E-state index in [-0.39, 0.29) is 5.82 Å². The Balaban J connectivity index is 2.27. The van der Waals surface area contributed by atoms with Gasteiger partial charge in [-0.3, -0.25) is 4.99 Å². The van der Waals surface area contributed by atoms with Crippen LogP contribution in [0.3, 0.4) is 0 Å². The number of hydrogen-bond acceptors (Lipinski definition) is 3. The van der Waals surface area contributed by atoms with Gasteiger partial charge in [0.05, 0.1) is 22.1 Å². The van der Waals surface area contributed by atoms with E-state index in [1.54, 1.807) is 29.4 Å². The Hall–Kier alpha value is -2.11. The molecule has 0 amide bonds. The van der Waals surface area contributed by atoms with Gasteiger partial charge in [0, 0.05) is 45.7 Å². The highest BCUT2D eigenvalue weighted by atomic mass is 35.5. The van der Waals surface area contributed by atoms with E-state index in [0.29, 0.717) is 27.0 Å². The molecule has 0 fully saturated rings. The second kappa shape index (κ2) is 8.32. The predicted molar refractivity (Wildman–Crippen MR) is 106 cm³/mol. The minimum absolute atomic E-state index is 0.348. The van der Waals surface area contributed by atoms with Crippen molar-refractivity contribution in [1.29, 1.82) is 0 Å². The first kappa shape index (κ1) is 19.2. The Morgan fingerprint density at radius 1 is 0.960 bits per heavy atom. The van der Waals surface area contributed by atoms with Crippen LogP contribution in [0.25, 0.3) is 0 Å². The zero-order valence-electron chi connectivity index (χ0n) is 14.5. The van der Waals surface area contributed by atoms with Gasteiger partial charge in [0.15, 0.2) is 0 Å². The van der Waals surface area contributed by atoms with Gasteiger partial charge in [-0.25, -0.2) is 9.38 Å². The smallest absolute Gasteiger partial charge is 0.134 e. The van der Waals surface area contributed by atoms with Crippen molar-refractivity contribution < 1.29 is 4.39 Å². The first-order chi connectivity index (χ1) is 11.8. The van der Waals surface area contributed by atoms with E-state index in [9.17, 15) is 4.39 Å². The third-order valence-electron chi connectivity index (χ3n) is 3.27. The fourth-order valence-corrected chi connectivity index (χ4v) is 2.54. The molecule has 25 heavy (non-hydrogen) atoms. The van der Waals surface area contributed by atoms with Gasteiger partial charge in [0.25, 0.3) is 0 Å². The van der Waals surface area contributed by atoms with Gasteiger partial charge in [0.2, 0.25) is 0 Å². The molecule has 132 valence electrons. The van der Waals surface area contributed by atoms with E-state index in [2.05, 4.69) is 9.98 Å². The molecule has 0 atom stereocenters. The number of rotatable bonds is 5. The van der Waals surface area contributed by atoms with Crippen LogP contribution in [0.15, 0.2) is 40.3 Å². The SMILES string of the molecule is CN(C)C=Nc1c(Cl)cc(N=Cc2ccc(N(C)C)cc2F)cc1Cl. The zero-order valence-corrected chi connectivity index (χ0v) is 16.0. The highest BCUT2D eigenvalue weighted by molar-refractivity contribution is 6.39. The summed E-state index contributed by atoms with van der Waals surface area (Å²) in [5.74, 6) is -0.348.